The Hall–Kier alpha value is -3.86. The topological polar surface area (TPSA) is 161 Å². The molecular weight excluding hydrogens is 717 g/mol. The second-order valence-corrected chi connectivity index (χ2v) is 17.2. The number of carbonyl (C=O) groups is 4. The molecule has 0 saturated heterocycles. The summed E-state index contributed by atoms with van der Waals surface area (Å²) in [6.07, 6.45) is 4.39. The number of aromatic nitrogens is 2. The number of thiophene rings is 2. The molecule has 0 unspecified atom stereocenters. The lowest BCUT2D eigenvalue weighted by molar-refractivity contribution is -0.115. The van der Waals surface area contributed by atoms with E-state index in [4.69, 9.17) is 9.47 Å². The molecule has 0 saturated carbocycles. The summed E-state index contributed by atoms with van der Waals surface area (Å²) in [5.74, 6) is -0.261. The van der Waals surface area contributed by atoms with Gasteiger partial charge in [0.1, 0.15) is 11.2 Å². The van der Waals surface area contributed by atoms with Gasteiger partial charge in [-0.05, 0) is 103 Å². The first-order chi connectivity index (χ1) is 23.6. The normalized spacial score (nSPS) is 11.6. The van der Waals surface area contributed by atoms with Crippen molar-refractivity contribution in [1.82, 2.24) is 20.8 Å². The number of hydrogen-bond donors (Lipinski definition) is 4. The lowest BCUT2D eigenvalue weighted by Crippen LogP contribution is -2.47. The molecule has 4 aromatic rings. The number of anilines is 2. The van der Waals surface area contributed by atoms with Crippen LogP contribution in [0.3, 0.4) is 0 Å². The summed E-state index contributed by atoms with van der Waals surface area (Å²) in [4.78, 5) is 61.1. The maximum Gasteiger partial charge on any atom is 0.426 e. The third-order valence-electron chi connectivity index (χ3n) is 7.31. The Morgan fingerprint density at radius 2 is 0.960 bits per heavy atom. The number of ether oxygens (including phenoxy) is 2. The highest BCUT2D eigenvalue weighted by Crippen LogP contribution is 2.27. The van der Waals surface area contributed by atoms with Gasteiger partial charge in [0.2, 0.25) is 11.8 Å². The average molecular weight is 761 g/mol. The third-order valence-corrected chi connectivity index (χ3v) is 11.3. The highest BCUT2D eigenvalue weighted by Gasteiger charge is 2.26. The largest absolute Gasteiger partial charge is 0.442 e. The van der Waals surface area contributed by atoms with E-state index in [1.54, 1.807) is 22.7 Å². The van der Waals surface area contributed by atoms with Gasteiger partial charge in [0.15, 0.2) is 10.3 Å². The van der Waals surface area contributed by atoms with Crippen LogP contribution >= 0.6 is 45.3 Å². The molecule has 4 heterocycles. The van der Waals surface area contributed by atoms with E-state index in [9.17, 15) is 19.2 Å². The number of nitrogens with zero attached hydrogens (tertiary/aromatic N) is 2. The number of aryl methyl sites for hydroxylation is 6. The number of hydrogen-bond acceptors (Lipinski definition) is 12. The standard InChI is InChI=1S/C34H44N6O6S4/c1-21(41)35-29-37-23(19-47-29)7-9-25-11-13-27(49-25)15-17-33(3,4)45-31(43)39-40-32(44)46-34(5,6)18-16-28-14-12-26(50-28)10-8-24-20-48-30(38-24)36-22(2)42/h11-14,19-20H,7-10,15-18H2,1-6H3,(H,39,43)(H,40,44)(H,35,37,41)(H,36,38,42). The minimum atomic E-state index is -0.770. The van der Waals surface area contributed by atoms with Gasteiger partial charge in [-0.1, -0.05) is 0 Å². The molecule has 270 valence electrons. The molecule has 50 heavy (non-hydrogen) atoms. The van der Waals surface area contributed by atoms with Crippen LogP contribution < -0.4 is 21.5 Å². The summed E-state index contributed by atoms with van der Waals surface area (Å²) in [6.45, 7) is 10.3. The van der Waals surface area contributed by atoms with E-state index in [2.05, 4.69) is 55.7 Å². The molecule has 0 spiro atoms. The smallest absolute Gasteiger partial charge is 0.426 e. The SMILES string of the molecule is CC(=O)Nc1nc(CCc2ccc(CCC(C)(C)OC(=O)NNC(=O)OC(C)(C)CCc3ccc(CCc4csc(NC(C)=O)n4)s3)s2)cs1. The van der Waals surface area contributed by atoms with Crippen molar-refractivity contribution in [3.63, 3.8) is 0 Å². The second kappa shape index (κ2) is 17.9. The number of hydrazine groups is 1. The molecule has 0 atom stereocenters. The number of nitrogens with one attached hydrogen (secondary N) is 4. The zero-order chi connectivity index (χ0) is 36.3. The molecule has 4 rings (SSSR count). The van der Waals surface area contributed by atoms with Crippen LogP contribution in [0, 0.1) is 0 Å². The third kappa shape index (κ3) is 13.8. The highest BCUT2D eigenvalue weighted by atomic mass is 32.1. The molecule has 0 fully saturated rings. The molecule has 4 amide bonds. The number of carbonyl (C=O) groups excluding carboxylic acids is 4. The fourth-order valence-electron chi connectivity index (χ4n) is 4.75. The van der Waals surface area contributed by atoms with E-state index in [-0.39, 0.29) is 11.8 Å². The quantitative estimate of drug-likeness (QED) is 0.0846. The van der Waals surface area contributed by atoms with Crippen molar-refractivity contribution in [3.05, 3.63) is 65.9 Å². The van der Waals surface area contributed by atoms with E-state index in [0.29, 0.717) is 23.1 Å². The van der Waals surface area contributed by atoms with Crippen molar-refractivity contribution in [2.45, 2.75) is 104 Å². The van der Waals surface area contributed by atoms with Gasteiger partial charge in [-0.15, -0.1) is 45.3 Å². The zero-order valence-electron chi connectivity index (χ0n) is 29.1. The Morgan fingerprint density at radius 1 is 0.600 bits per heavy atom. The van der Waals surface area contributed by atoms with Gasteiger partial charge < -0.3 is 20.1 Å². The monoisotopic (exact) mass is 760 g/mol. The molecule has 0 radical (unpaired) electrons. The van der Waals surface area contributed by atoms with Gasteiger partial charge >= 0.3 is 12.2 Å². The van der Waals surface area contributed by atoms with Gasteiger partial charge in [-0.2, -0.15) is 0 Å². The second-order valence-electron chi connectivity index (χ2n) is 12.9. The Labute approximate surface area is 308 Å². The van der Waals surface area contributed by atoms with E-state index >= 15 is 0 Å². The van der Waals surface area contributed by atoms with E-state index in [1.165, 1.54) is 56.0 Å². The van der Waals surface area contributed by atoms with Crippen LogP contribution in [0.1, 0.15) is 85.3 Å². The Morgan fingerprint density at radius 3 is 1.32 bits per heavy atom. The predicted octanol–water partition coefficient (Wildman–Crippen LogP) is 7.70. The van der Waals surface area contributed by atoms with Crippen molar-refractivity contribution in [3.8, 4) is 0 Å². The van der Waals surface area contributed by atoms with Crippen LogP contribution in [0.4, 0.5) is 19.9 Å². The number of rotatable bonds is 16. The number of thiazole rings is 2. The predicted molar refractivity (Wildman–Crippen MR) is 200 cm³/mol. The summed E-state index contributed by atoms with van der Waals surface area (Å²) in [6, 6.07) is 8.39. The van der Waals surface area contributed by atoms with Gasteiger partial charge in [0.25, 0.3) is 0 Å². The number of amides is 4. The average Bonchev–Trinajstić information content (AvgIpc) is 3.84. The summed E-state index contributed by atoms with van der Waals surface area (Å²) in [5, 5.41) is 10.6. The molecule has 4 N–H and O–H groups in total. The molecule has 0 aliphatic carbocycles. The Bertz CT molecular complexity index is 1630. The van der Waals surface area contributed by atoms with E-state index < -0.39 is 23.4 Å². The maximum absolute atomic E-state index is 12.5. The van der Waals surface area contributed by atoms with Gasteiger partial charge in [0, 0.05) is 44.1 Å². The first-order valence-corrected chi connectivity index (χ1v) is 19.6. The highest BCUT2D eigenvalue weighted by molar-refractivity contribution is 7.14. The molecule has 12 nitrogen and oxygen atoms in total. The molecule has 0 aliphatic rings. The fourth-order valence-corrected chi connectivity index (χ4v) is 8.37. The van der Waals surface area contributed by atoms with Crippen LogP contribution in [0.15, 0.2) is 35.0 Å². The van der Waals surface area contributed by atoms with Crippen LogP contribution in [0.25, 0.3) is 0 Å². The summed E-state index contributed by atoms with van der Waals surface area (Å²) >= 11 is 6.28. The molecule has 0 bridgehead atoms. The molecule has 4 aromatic heterocycles. The zero-order valence-corrected chi connectivity index (χ0v) is 32.4. The Kier molecular flexibility index (Phi) is 13.9. The first kappa shape index (κ1) is 38.9. The van der Waals surface area contributed by atoms with Crippen molar-refractivity contribution in [2.24, 2.45) is 0 Å². The van der Waals surface area contributed by atoms with Crippen LogP contribution in [0.2, 0.25) is 0 Å². The summed E-state index contributed by atoms with van der Waals surface area (Å²) in [5.41, 5.74) is 4.94. The lowest BCUT2D eigenvalue weighted by Gasteiger charge is -2.26. The fraction of sp³-hybridized carbons (Fsp3) is 0.471. The Balaban J connectivity index is 1.11. The van der Waals surface area contributed by atoms with Crippen LogP contribution in [-0.4, -0.2) is 45.2 Å². The lowest BCUT2D eigenvalue weighted by atomic mass is 10.0. The van der Waals surface area contributed by atoms with Gasteiger partial charge in [0.05, 0.1) is 11.4 Å². The molecule has 0 aromatic carbocycles. The summed E-state index contributed by atoms with van der Waals surface area (Å²) in [7, 11) is 0. The van der Waals surface area contributed by atoms with Crippen LogP contribution in [0.5, 0.6) is 0 Å². The minimum Gasteiger partial charge on any atom is -0.442 e. The summed E-state index contributed by atoms with van der Waals surface area (Å²) < 4.78 is 11.2. The molecule has 16 heteroatoms. The van der Waals surface area contributed by atoms with Gasteiger partial charge in [-0.25, -0.2) is 30.4 Å². The van der Waals surface area contributed by atoms with Crippen LogP contribution in [-0.2, 0) is 57.6 Å². The van der Waals surface area contributed by atoms with Gasteiger partial charge in [-0.3, -0.25) is 9.59 Å². The van der Waals surface area contributed by atoms with Crippen molar-refractivity contribution >= 4 is 79.6 Å². The molecular formula is C34H44N6O6S4. The maximum atomic E-state index is 12.5. The van der Waals surface area contributed by atoms with E-state index in [1.807, 2.05) is 38.5 Å². The van der Waals surface area contributed by atoms with Crippen molar-refractivity contribution < 1.29 is 28.7 Å². The van der Waals surface area contributed by atoms with E-state index in [0.717, 1.165) is 49.9 Å². The molecule has 0 aliphatic heterocycles. The minimum absolute atomic E-state index is 0.130. The van der Waals surface area contributed by atoms with Crippen molar-refractivity contribution in [2.75, 3.05) is 10.6 Å². The first-order valence-electron chi connectivity index (χ1n) is 16.2. The van der Waals surface area contributed by atoms with Crippen molar-refractivity contribution in [1.29, 1.82) is 0 Å².